The first kappa shape index (κ1) is 23.2. The largest absolute Gasteiger partial charge is 0.469 e. The summed E-state index contributed by atoms with van der Waals surface area (Å²) in [6.07, 6.45) is 5.33. The number of carbonyl (C=O) groups is 1. The van der Waals surface area contributed by atoms with Crippen LogP contribution in [0.25, 0.3) is 10.1 Å². The Kier molecular flexibility index (Phi) is 8.69. The molecule has 1 saturated carbocycles. The highest BCUT2D eigenvalue weighted by molar-refractivity contribution is 7.19. The molecule has 1 aromatic carbocycles. The Morgan fingerprint density at radius 1 is 1.10 bits per heavy atom. The monoisotopic (exact) mass is 434 g/mol. The fourth-order valence-electron chi connectivity index (χ4n) is 4.74. The van der Waals surface area contributed by atoms with E-state index in [1.807, 2.05) is 12.1 Å². The van der Waals surface area contributed by atoms with Crippen molar-refractivity contribution in [3.63, 3.8) is 0 Å². The predicted molar refractivity (Wildman–Crippen MR) is 119 cm³/mol. The molecule has 3 N–H and O–H groups in total. The van der Waals surface area contributed by atoms with Gasteiger partial charge in [0.2, 0.25) is 0 Å². The van der Waals surface area contributed by atoms with Crippen molar-refractivity contribution >= 4 is 27.4 Å². The highest BCUT2D eigenvalue weighted by atomic mass is 32.1. The summed E-state index contributed by atoms with van der Waals surface area (Å²) in [5.74, 6) is -0.0593. The van der Waals surface area contributed by atoms with Crippen molar-refractivity contribution in [2.75, 3.05) is 7.11 Å². The van der Waals surface area contributed by atoms with Crippen molar-refractivity contribution in [2.45, 2.75) is 76.1 Å². The van der Waals surface area contributed by atoms with E-state index in [0.29, 0.717) is 25.7 Å². The third-order valence-corrected chi connectivity index (χ3v) is 7.68. The van der Waals surface area contributed by atoms with E-state index in [1.54, 1.807) is 11.3 Å². The Labute approximate surface area is 182 Å². The van der Waals surface area contributed by atoms with Gasteiger partial charge in [-0.25, -0.2) is 0 Å². The Bertz CT molecular complexity index is 771. The molecule has 1 aliphatic rings. The van der Waals surface area contributed by atoms with E-state index in [2.05, 4.69) is 22.9 Å². The minimum atomic E-state index is -0.536. The van der Waals surface area contributed by atoms with Gasteiger partial charge in [0, 0.05) is 16.0 Å². The van der Waals surface area contributed by atoms with E-state index in [0.717, 1.165) is 42.4 Å². The second-order valence-corrected chi connectivity index (χ2v) is 9.62. The van der Waals surface area contributed by atoms with Crippen LogP contribution < -0.4 is 0 Å². The number of carbonyl (C=O) groups excluding carboxylic acids is 1. The SMILES string of the molecule is COC(=O)CCCCCC[C@@H]1C(CC[C@@H](O)c2cc3ccccc3s2)[C@H](O)C[C@@H]1O. The number of hydrogen-bond acceptors (Lipinski definition) is 6. The lowest BCUT2D eigenvalue weighted by Gasteiger charge is -2.24. The molecule has 6 heteroatoms. The fraction of sp³-hybridized carbons (Fsp3) is 0.625. The lowest BCUT2D eigenvalue weighted by atomic mass is 9.84. The molecule has 1 heterocycles. The standard InChI is InChI=1S/C24H34O5S/c1-29-24(28)11-5-3-2-4-9-17-18(21(27)15-20(17)26)12-13-19(25)23-14-16-8-6-7-10-22(16)30-23/h6-8,10,14,17-21,25-27H,2-5,9,11-13,15H2,1H3/t17-,18?,19-,20+,21-/m1/s1. The average molecular weight is 435 g/mol. The van der Waals surface area contributed by atoms with Gasteiger partial charge in [-0.3, -0.25) is 4.79 Å². The van der Waals surface area contributed by atoms with E-state index in [-0.39, 0.29) is 17.8 Å². The van der Waals surface area contributed by atoms with Crippen molar-refractivity contribution in [1.82, 2.24) is 0 Å². The van der Waals surface area contributed by atoms with Crippen LogP contribution in [0.1, 0.15) is 68.8 Å². The smallest absolute Gasteiger partial charge is 0.305 e. The number of unbranched alkanes of at least 4 members (excludes halogenated alkanes) is 3. The van der Waals surface area contributed by atoms with Gasteiger partial charge in [0.25, 0.3) is 0 Å². The lowest BCUT2D eigenvalue weighted by Crippen LogP contribution is -2.23. The number of aliphatic hydroxyl groups excluding tert-OH is 3. The summed E-state index contributed by atoms with van der Waals surface area (Å²) >= 11 is 1.62. The molecular formula is C24H34O5S. The maximum atomic E-state index is 11.2. The summed E-state index contributed by atoms with van der Waals surface area (Å²) in [6, 6.07) is 10.2. The Morgan fingerprint density at radius 2 is 1.80 bits per heavy atom. The van der Waals surface area contributed by atoms with Crippen molar-refractivity contribution < 1.29 is 24.9 Å². The molecule has 5 nitrogen and oxygen atoms in total. The van der Waals surface area contributed by atoms with E-state index in [1.165, 1.54) is 11.8 Å². The molecule has 0 amide bonds. The van der Waals surface area contributed by atoms with Gasteiger partial charge in [0.05, 0.1) is 25.4 Å². The lowest BCUT2D eigenvalue weighted by molar-refractivity contribution is -0.140. The molecule has 0 saturated heterocycles. The van der Waals surface area contributed by atoms with Gasteiger partial charge < -0.3 is 20.1 Å². The summed E-state index contributed by atoms with van der Waals surface area (Å²) in [4.78, 5) is 12.1. The highest BCUT2D eigenvalue weighted by Gasteiger charge is 2.40. The number of fused-ring (bicyclic) bond motifs is 1. The molecule has 2 aromatic rings. The van der Waals surface area contributed by atoms with Gasteiger partial charge in [-0.2, -0.15) is 0 Å². The van der Waals surface area contributed by atoms with Crippen LogP contribution in [0.5, 0.6) is 0 Å². The summed E-state index contributed by atoms with van der Waals surface area (Å²) in [5.41, 5.74) is 0. The number of benzene rings is 1. The zero-order valence-corrected chi connectivity index (χ0v) is 18.5. The van der Waals surface area contributed by atoms with E-state index in [9.17, 15) is 20.1 Å². The Balaban J connectivity index is 1.46. The van der Waals surface area contributed by atoms with Gasteiger partial charge in [-0.1, -0.05) is 37.5 Å². The van der Waals surface area contributed by atoms with Crippen molar-refractivity contribution in [2.24, 2.45) is 11.8 Å². The molecule has 5 atom stereocenters. The number of methoxy groups -OCH3 is 1. The van der Waals surface area contributed by atoms with Crippen molar-refractivity contribution in [3.05, 3.63) is 35.2 Å². The minimum absolute atomic E-state index is 0.0269. The number of hydrogen-bond donors (Lipinski definition) is 3. The zero-order chi connectivity index (χ0) is 21.5. The Morgan fingerprint density at radius 3 is 2.53 bits per heavy atom. The van der Waals surface area contributed by atoms with Crippen LogP contribution in [-0.4, -0.2) is 40.6 Å². The molecule has 1 aliphatic carbocycles. The zero-order valence-electron chi connectivity index (χ0n) is 17.7. The second-order valence-electron chi connectivity index (χ2n) is 8.51. The molecular weight excluding hydrogens is 400 g/mol. The third kappa shape index (κ3) is 6.03. The number of esters is 1. The predicted octanol–water partition coefficient (Wildman–Crippen LogP) is 4.59. The highest BCUT2D eigenvalue weighted by Crippen LogP contribution is 2.41. The second kappa shape index (κ2) is 11.2. The van der Waals surface area contributed by atoms with E-state index >= 15 is 0 Å². The Hall–Kier alpha value is -1.47. The van der Waals surface area contributed by atoms with Crippen molar-refractivity contribution in [3.8, 4) is 0 Å². The van der Waals surface area contributed by atoms with Crippen LogP contribution in [0, 0.1) is 11.8 Å². The number of ether oxygens (including phenoxy) is 1. The molecule has 0 spiro atoms. The maximum Gasteiger partial charge on any atom is 0.305 e. The molecule has 1 fully saturated rings. The molecule has 1 unspecified atom stereocenters. The normalized spacial score (nSPS) is 24.9. The molecule has 0 aliphatic heterocycles. The van der Waals surface area contributed by atoms with Crippen LogP contribution >= 0.6 is 11.3 Å². The average Bonchev–Trinajstić information content (AvgIpc) is 3.29. The topological polar surface area (TPSA) is 87.0 Å². The minimum Gasteiger partial charge on any atom is -0.469 e. The number of rotatable bonds is 11. The van der Waals surface area contributed by atoms with Gasteiger partial charge in [-0.15, -0.1) is 11.3 Å². The fourth-order valence-corrected chi connectivity index (χ4v) is 5.83. The van der Waals surface area contributed by atoms with Crippen LogP contribution in [0.2, 0.25) is 0 Å². The molecule has 166 valence electrons. The summed E-state index contributed by atoms with van der Waals surface area (Å²) in [6.45, 7) is 0. The molecule has 3 rings (SSSR count). The summed E-state index contributed by atoms with van der Waals surface area (Å²) < 4.78 is 5.83. The van der Waals surface area contributed by atoms with Crippen molar-refractivity contribution in [1.29, 1.82) is 0 Å². The van der Waals surface area contributed by atoms with Crippen LogP contribution in [0.3, 0.4) is 0 Å². The van der Waals surface area contributed by atoms with Crippen LogP contribution in [0.4, 0.5) is 0 Å². The van der Waals surface area contributed by atoms with Gasteiger partial charge in [-0.05, 0) is 61.5 Å². The molecule has 0 radical (unpaired) electrons. The van der Waals surface area contributed by atoms with Gasteiger partial charge in [0.1, 0.15) is 0 Å². The third-order valence-electron chi connectivity index (χ3n) is 6.46. The first-order valence-electron chi connectivity index (χ1n) is 11.1. The van der Waals surface area contributed by atoms with Crippen LogP contribution in [0.15, 0.2) is 30.3 Å². The maximum absolute atomic E-state index is 11.2. The number of aliphatic hydroxyl groups is 3. The quantitative estimate of drug-likeness (QED) is 0.356. The van der Waals surface area contributed by atoms with Gasteiger partial charge >= 0.3 is 5.97 Å². The summed E-state index contributed by atoms with van der Waals surface area (Å²) in [7, 11) is 1.41. The van der Waals surface area contributed by atoms with E-state index < -0.39 is 18.3 Å². The van der Waals surface area contributed by atoms with E-state index in [4.69, 9.17) is 0 Å². The number of thiophene rings is 1. The first-order chi connectivity index (χ1) is 14.5. The molecule has 1 aromatic heterocycles. The van der Waals surface area contributed by atoms with Gasteiger partial charge in [0.15, 0.2) is 0 Å². The molecule has 0 bridgehead atoms. The molecule has 30 heavy (non-hydrogen) atoms. The van der Waals surface area contributed by atoms with Crippen LogP contribution in [-0.2, 0) is 9.53 Å². The summed E-state index contributed by atoms with van der Waals surface area (Å²) in [5, 5.41) is 32.7. The first-order valence-corrected chi connectivity index (χ1v) is 11.9.